The summed E-state index contributed by atoms with van der Waals surface area (Å²) in [5, 5.41) is 7.93. The highest BCUT2D eigenvalue weighted by atomic mass is 16.7. The van der Waals surface area contributed by atoms with Gasteiger partial charge in [0.2, 0.25) is 6.19 Å². The van der Waals surface area contributed by atoms with Crippen LogP contribution in [0.4, 0.5) is 0 Å². The first-order valence-corrected chi connectivity index (χ1v) is 2.16. The summed E-state index contributed by atoms with van der Waals surface area (Å²) in [6.45, 7) is 1.00. The molecule has 0 bridgehead atoms. The zero-order valence-electron chi connectivity index (χ0n) is 4.13. The van der Waals surface area contributed by atoms with Crippen molar-refractivity contribution in [2.45, 2.75) is 0 Å². The summed E-state index contributed by atoms with van der Waals surface area (Å²) in [6.07, 6.45) is 1.64. The predicted octanol–water partition coefficient (Wildman–Crippen LogP) is -0.130. The Morgan fingerprint density at radius 1 is 1.50 bits per heavy atom. The Kier molecular flexibility index (Phi) is 1.33. The lowest BCUT2D eigenvalue weighted by atomic mass is 10.8. The molecular weight excluding hydrogens is 108 g/mol. The van der Waals surface area contributed by atoms with Gasteiger partial charge in [0.1, 0.15) is 13.2 Å². The lowest BCUT2D eigenvalue weighted by molar-refractivity contribution is 0.338. The number of ether oxygens (including phenoxy) is 2. The quantitative estimate of drug-likeness (QED) is 0.410. The van der Waals surface area contributed by atoms with Gasteiger partial charge in [0.15, 0.2) is 0 Å². The van der Waals surface area contributed by atoms with Crippen LogP contribution in [0.15, 0.2) is 4.99 Å². The van der Waals surface area contributed by atoms with Gasteiger partial charge >= 0.3 is 6.08 Å². The van der Waals surface area contributed by atoms with Gasteiger partial charge in [0.25, 0.3) is 0 Å². The number of nitrogens with zero attached hydrogens (tertiary/aromatic N) is 2. The van der Waals surface area contributed by atoms with Crippen molar-refractivity contribution in [2.24, 2.45) is 4.99 Å². The highest BCUT2D eigenvalue weighted by molar-refractivity contribution is 5.69. The molecule has 8 heavy (non-hydrogen) atoms. The fraction of sp³-hybridized carbons (Fsp3) is 0.500. The van der Waals surface area contributed by atoms with Crippen LogP contribution in [0.2, 0.25) is 0 Å². The standard InChI is InChI=1S/C4H4N2O2/c5-3-6-4-7-1-2-8-4/h1-2H2. The summed E-state index contributed by atoms with van der Waals surface area (Å²) in [5.41, 5.74) is 0. The average molecular weight is 112 g/mol. The molecule has 0 spiro atoms. The van der Waals surface area contributed by atoms with E-state index in [9.17, 15) is 0 Å². The Bertz CT molecular complexity index is 139. The van der Waals surface area contributed by atoms with Gasteiger partial charge < -0.3 is 9.47 Å². The molecule has 0 aromatic rings. The van der Waals surface area contributed by atoms with Crippen LogP contribution in [0.1, 0.15) is 0 Å². The van der Waals surface area contributed by atoms with E-state index in [1.165, 1.54) is 0 Å². The van der Waals surface area contributed by atoms with Gasteiger partial charge in [-0.15, -0.1) is 4.99 Å². The fourth-order valence-electron chi connectivity index (χ4n) is 0.405. The van der Waals surface area contributed by atoms with Gasteiger partial charge in [-0.2, -0.15) is 5.26 Å². The Morgan fingerprint density at radius 3 is 2.62 bits per heavy atom. The summed E-state index contributed by atoms with van der Waals surface area (Å²) in [5.74, 6) is 0. The molecule has 0 aromatic heterocycles. The molecule has 1 rings (SSSR count). The minimum absolute atomic E-state index is 0.0903. The third kappa shape index (κ3) is 0.877. The van der Waals surface area contributed by atoms with Gasteiger partial charge in [0, 0.05) is 0 Å². The maximum atomic E-state index is 7.93. The number of rotatable bonds is 0. The molecule has 0 amide bonds. The van der Waals surface area contributed by atoms with Crippen molar-refractivity contribution in [1.29, 1.82) is 5.26 Å². The third-order valence-corrected chi connectivity index (χ3v) is 0.676. The maximum absolute atomic E-state index is 7.93. The van der Waals surface area contributed by atoms with E-state index in [-0.39, 0.29) is 6.08 Å². The molecule has 42 valence electrons. The molecule has 1 aliphatic rings. The monoisotopic (exact) mass is 112 g/mol. The molecule has 0 radical (unpaired) electrons. The molecule has 0 N–H and O–H groups in total. The molecule has 0 aliphatic carbocycles. The van der Waals surface area contributed by atoms with E-state index in [2.05, 4.69) is 4.99 Å². The molecule has 4 heteroatoms. The van der Waals surface area contributed by atoms with E-state index < -0.39 is 0 Å². The molecule has 1 aliphatic heterocycles. The topological polar surface area (TPSA) is 54.6 Å². The predicted molar refractivity (Wildman–Crippen MR) is 25.0 cm³/mol. The van der Waals surface area contributed by atoms with Crippen molar-refractivity contribution in [3.05, 3.63) is 0 Å². The van der Waals surface area contributed by atoms with Crippen LogP contribution in [0, 0.1) is 11.5 Å². The van der Waals surface area contributed by atoms with Crippen molar-refractivity contribution in [3.63, 3.8) is 0 Å². The largest absolute Gasteiger partial charge is 0.446 e. The Balaban J connectivity index is 2.48. The summed E-state index contributed by atoms with van der Waals surface area (Å²) in [7, 11) is 0. The van der Waals surface area contributed by atoms with Gasteiger partial charge in [-0.3, -0.25) is 0 Å². The van der Waals surface area contributed by atoms with Crippen molar-refractivity contribution in [2.75, 3.05) is 13.2 Å². The molecule has 1 fully saturated rings. The van der Waals surface area contributed by atoms with Gasteiger partial charge in [-0.25, -0.2) is 0 Å². The Labute approximate surface area is 46.3 Å². The minimum atomic E-state index is 0.0903. The summed E-state index contributed by atoms with van der Waals surface area (Å²) in [6, 6.07) is 0. The van der Waals surface area contributed by atoms with Crippen LogP contribution in [0.3, 0.4) is 0 Å². The number of hydrogen-bond acceptors (Lipinski definition) is 4. The zero-order valence-corrected chi connectivity index (χ0v) is 4.13. The van der Waals surface area contributed by atoms with E-state index in [0.717, 1.165) is 0 Å². The number of hydrogen-bond donors (Lipinski definition) is 0. The van der Waals surface area contributed by atoms with Crippen LogP contribution in [-0.2, 0) is 9.47 Å². The maximum Gasteiger partial charge on any atom is 0.399 e. The van der Waals surface area contributed by atoms with Crippen molar-refractivity contribution in [1.82, 2.24) is 0 Å². The average Bonchev–Trinajstić information content (AvgIpc) is 2.19. The molecular formula is C4H4N2O2. The molecule has 1 heterocycles. The third-order valence-electron chi connectivity index (χ3n) is 0.676. The van der Waals surface area contributed by atoms with Crippen LogP contribution in [0.5, 0.6) is 0 Å². The highest BCUT2D eigenvalue weighted by Gasteiger charge is 2.08. The minimum Gasteiger partial charge on any atom is -0.446 e. The van der Waals surface area contributed by atoms with E-state index in [4.69, 9.17) is 14.7 Å². The first kappa shape index (κ1) is 4.91. The molecule has 0 unspecified atom stereocenters. The molecule has 0 aromatic carbocycles. The molecule has 0 atom stereocenters. The zero-order chi connectivity index (χ0) is 5.82. The Morgan fingerprint density at radius 2 is 2.12 bits per heavy atom. The lowest BCUT2D eigenvalue weighted by Gasteiger charge is -1.86. The first-order chi connectivity index (χ1) is 3.93. The van der Waals surface area contributed by atoms with Crippen LogP contribution >= 0.6 is 0 Å². The Hall–Kier alpha value is -1.24. The first-order valence-electron chi connectivity index (χ1n) is 2.16. The second-order valence-corrected chi connectivity index (χ2v) is 1.17. The van der Waals surface area contributed by atoms with Crippen molar-refractivity contribution < 1.29 is 9.47 Å². The van der Waals surface area contributed by atoms with Crippen LogP contribution in [-0.4, -0.2) is 19.3 Å². The van der Waals surface area contributed by atoms with E-state index in [1.54, 1.807) is 6.19 Å². The van der Waals surface area contributed by atoms with Crippen molar-refractivity contribution >= 4 is 6.08 Å². The fourth-order valence-corrected chi connectivity index (χ4v) is 0.405. The highest BCUT2D eigenvalue weighted by Crippen LogP contribution is 1.94. The van der Waals surface area contributed by atoms with Gasteiger partial charge in [-0.05, 0) is 0 Å². The summed E-state index contributed by atoms with van der Waals surface area (Å²) in [4.78, 5) is 3.20. The normalized spacial score (nSPS) is 16.1. The second-order valence-electron chi connectivity index (χ2n) is 1.17. The summed E-state index contributed by atoms with van der Waals surface area (Å²) < 4.78 is 9.40. The van der Waals surface area contributed by atoms with E-state index in [1.807, 2.05) is 0 Å². The smallest absolute Gasteiger partial charge is 0.399 e. The lowest BCUT2D eigenvalue weighted by Crippen LogP contribution is -1.93. The van der Waals surface area contributed by atoms with Crippen LogP contribution < -0.4 is 0 Å². The molecule has 4 nitrogen and oxygen atoms in total. The molecule has 0 saturated carbocycles. The number of aliphatic imine (C=N–C) groups is 1. The molecule has 1 saturated heterocycles. The SMILES string of the molecule is N#CN=C1OCCO1. The van der Waals surface area contributed by atoms with Crippen LogP contribution in [0.25, 0.3) is 0 Å². The van der Waals surface area contributed by atoms with Gasteiger partial charge in [0.05, 0.1) is 0 Å². The van der Waals surface area contributed by atoms with E-state index in [0.29, 0.717) is 13.2 Å². The summed E-state index contributed by atoms with van der Waals surface area (Å²) >= 11 is 0. The van der Waals surface area contributed by atoms with E-state index >= 15 is 0 Å². The number of nitriles is 1. The van der Waals surface area contributed by atoms with Gasteiger partial charge in [-0.1, -0.05) is 0 Å². The second kappa shape index (κ2) is 2.17. The van der Waals surface area contributed by atoms with Crippen molar-refractivity contribution in [3.8, 4) is 6.19 Å².